The zero-order valence-electron chi connectivity index (χ0n) is 12.6. The molecule has 0 aromatic heterocycles. The summed E-state index contributed by atoms with van der Waals surface area (Å²) in [4.78, 5) is 0. The van der Waals surface area contributed by atoms with Crippen LogP contribution in [-0.2, 0) is 10.0 Å². The normalized spacial score (nSPS) is 25.2. The van der Waals surface area contributed by atoms with E-state index in [4.69, 9.17) is 5.73 Å². The molecule has 0 aromatic carbocycles. The van der Waals surface area contributed by atoms with E-state index in [-0.39, 0.29) is 17.8 Å². The SMILES string of the molecule is CCCN(C1CCC(N)CC1)S(=O)(=O)CCC(C)C. The van der Waals surface area contributed by atoms with Crippen LogP contribution in [0.4, 0.5) is 0 Å². The quantitative estimate of drug-likeness (QED) is 0.783. The first-order valence-corrected chi connectivity index (χ1v) is 9.22. The molecule has 0 bridgehead atoms. The average molecular weight is 290 g/mol. The van der Waals surface area contributed by atoms with Crippen LogP contribution in [0.3, 0.4) is 0 Å². The Hall–Kier alpha value is -0.130. The van der Waals surface area contributed by atoms with Crippen LogP contribution < -0.4 is 5.73 Å². The maximum Gasteiger partial charge on any atom is 0.214 e. The second-order valence-electron chi connectivity index (χ2n) is 6.18. The zero-order valence-corrected chi connectivity index (χ0v) is 13.5. The molecule has 0 unspecified atom stereocenters. The topological polar surface area (TPSA) is 63.4 Å². The Morgan fingerprint density at radius 1 is 1.21 bits per heavy atom. The fraction of sp³-hybridized carbons (Fsp3) is 1.00. The van der Waals surface area contributed by atoms with Gasteiger partial charge in [0.1, 0.15) is 0 Å². The molecule has 0 aliphatic heterocycles. The largest absolute Gasteiger partial charge is 0.328 e. The van der Waals surface area contributed by atoms with Gasteiger partial charge in [-0.05, 0) is 44.4 Å². The second kappa shape index (κ2) is 7.60. The second-order valence-corrected chi connectivity index (χ2v) is 8.22. The lowest BCUT2D eigenvalue weighted by Crippen LogP contribution is -2.45. The number of sulfonamides is 1. The monoisotopic (exact) mass is 290 g/mol. The van der Waals surface area contributed by atoms with Gasteiger partial charge in [0, 0.05) is 18.6 Å². The van der Waals surface area contributed by atoms with Crippen molar-refractivity contribution in [2.24, 2.45) is 11.7 Å². The number of nitrogens with zero attached hydrogens (tertiary/aromatic N) is 1. The Morgan fingerprint density at radius 3 is 2.26 bits per heavy atom. The molecule has 0 radical (unpaired) electrons. The molecular weight excluding hydrogens is 260 g/mol. The molecule has 0 amide bonds. The Balaban J connectivity index is 2.70. The van der Waals surface area contributed by atoms with Crippen molar-refractivity contribution in [1.82, 2.24) is 4.31 Å². The van der Waals surface area contributed by atoms with Crippen LogP contribution in [0.15, 0.2) is 0 Å². The van der Waals surface area contributed by atoms with E-state index in [0.717, 1.165) is 38.5 Å². The van der Waals surface area contributed by atoms with Gasteiger partial charge in [0.15, 0.2) is 0 Å². The number of hydrogen-bond acceptors (Lipinski definition) is 3. The van der Waals surface area contributed by atoms with Crippen molar-refractivity contribution in [3.8, 4) is 0 Å². The molecule has 0 aromatic rings. The van der Waals surface area contributed by atoms with E-state index in [2.05, 4.69) is 13.8 Å². The third-order valence-corrected chi connectivity index (χ3v) is 5.85. The smallest absolute Gasteiger partial charge is 0.214 e. The van der Waals surface area contributed by atoms with Crippen molar-refractivity contribution in [2.75, 3.05) is 12.3 Å². The van der Waals surface area contributed by atoms with Gasteiger partial charge in [-0.3, -0.25) is 0 Å². The molecule has 19 heavy (non-hydrogen) atoms. The molecule has 2 N–H and O–H groups in total. The third-order valence-electron chi connectivity index (χ3n) is 3.90. The first kappa shape index (κ1) is 16.9. The van der Waals surface area contributed by atoms with Gasteiger partial charge in [-0.2, -0.15) is 4.31 Å². The molecule has 0 heterocycles. The Bertz CT molecular complexity index is 346. The van der Waals surface area contributed by atoms with Gasteiger partial charge in [-0.15, -0.1) is 0 Å². The molecule has 4 nitrogen and oxygen atoms in total. The van der Waals surface area contributed by atoms with Gasteiger partial charge in [0.25, 0.3) is 0 Å². The third kappa shape index (κ3) is 5.40. The minimum atomic E-state index is -3.10. The Kier molecular flexibility index (Phi) is 6.77. The van der Waals surface area contributed by atoms with Crippen LogP contribution in [0.5, 0.6) is 0 Å². The van der Waals surface area contributed by atoms with Crippen molar-refractivity contribution in [2.45, 2.75) is 71.4 Å². The molecule has 5 heteroatoms. The summed E-state index contributed by atoms with van der Waals surface area (Å²) in [6, 6.07) is 0.440. The van der Waals surface area contributed by atoms with Crippen LogP contribution >= 0.6 is 0 Å². The highest BCUT2D eigenvalue weighted by Crippen LogP contribution is 2.25. The van der Waals surface area contributed by atoms with Crippen molar-refractivity contribution in [3.63, 3.8) is 0 Å². The summed E-state index contributed by atoms with van der Waals surface area (Å²) >= 11 is 0. The predicted octanol–water partition coefficient (Wildman–Crippen LogP) is 2.34. The minimum Gasteiger partial charge on any atom is -0.328 e. The lowest BCUT2D eigenvalue weighted by Gasteiger charge is -2.35. The highest BCUT2D eigenvalue weighted by Gasteiger charge is 2.31. The summed E-state index contributed by atoms with van der Waals surface area (Å²) in [7, 11) is -3.10. The van der Waals surface area contributed by atoms with Crippen LogP contribution in [0.1, 0.15) is 59.3 Å². The lowest BCUT2D eigenvalue weighted by atomic mass is 9.92. The summed E-state index contributed by atoms with van der Waals surface area (Å²) in [6.07, 6.45) is 5.36. The van der Waals surface area contributed by atoms with Crippen LogP contribution in [-0.4, -0.2) is 37.1 Å². The first-order chi connectivity index (χ1) is 8.86. The van der Waals surface area contributed by atoms with Gasteiger partial charge in [-0.1, -0.05) is 20.8 Å². The number of rotatable bonds is 7. The average Bonchev–Trinajstić information content (AvgIpc) is 2.35. The Morgan fingerprint density at radius 2 is 1.79 bits per heavy atom. The molecular formula is C14H30N2O2S. The molecule has 0 atom stereocenters. The van der Waals surface area contributed by atoms with Gasteiger partial charge < -0.3 is 5.73 Å². The molecule has 1 saturated carbocycles. The minimum absolute atomic E-state index is 0.178. The highest BCUT2D eigenvalue weighted by atomic mass is 32.2. The van der Waals surface area contributed by atoms with Crippen molar-refractivity contribution in [1.29, 1.82) is 0 Å². The number of nitrogens with two attached hydrogens (primary N) is 1. The fourth-order valence-electron chi connectivity index (χ4n) is 2.66. The fourth-order valence-corrected chi connectivity index (χ4v) is 4.79. The summed E-state index contributed by atoms with van der Waals surface area (Å²) in [6.45, 7) is 6.83. The van der Waals surface area contributed by atoms with Crippen molar-refractivity contribution in [3.05, 3.63) is 0 Å². The Labute approximate surface area is 118 Å². The van der Waals surface area contributed by atoms with Crippen molar-refractivity contribution < 1.29 is 8.42 Å². The van der Waals surface area contributed by atoms with Crippen molar-refractivity contribution >= 4 is 10.0 Å². The predicted molar refractivity (Wildman–Crippen MR) is 80.5 cm³/mol. The maximum atomic E-state index is 12.5. The van der Waals surface area contributed by atoms with E-state index in [1.807, 2.05) is 6.92 Å². The highest BCUT2D eigenvalue weighted by molar-refractivity contribution is 7.89. The van der Waals surface area contributed by atoms with E-state index in [1.165, 1.54) is 0 Å². The molecule has 0 spiro atoms. The summed E-state index contributed by atoms with van der Waals surface area (Å²) in [5.41, 5.74) is 5.91. The summed E-state index contributed by atoms with van der Waals surface area (Å²) in [5.74, 6) is 0.714. The van der Waals surface area contributed by atoms with E-state index in [9.17, 15) is 8.42 Å². The van der Waals surface area contributed by atoms with Crippen LogP contribution in [0.25, 0.3) is 0 Å². The molecule has 1 aliphatic rings. The van der Waals surface area contributed by atoms with Gasteiger partial charge in [-0.25, -0.2) is 8.42 Å². The zero-order chi connectivity index (χ0) is 14.5. The molecule has 0 saturated heterocycles. The maximum absolute atomic E-state index is 12.5. The lowest BCUT2D eigenvalue weighted by molar-refractivity contribution is 0.240. The van der Waals surface area contributed by atoms with Crippen LogP contribution in [0, 0.1) is 5.92 Å². The molecule has 1 aliphatic carbocycles. The van der Waals surface area contributed by atoms with E-state index in [1.54, 1.807) is 4.31 Å². The van der Waals surface area contributed by atoms with E-state index < -0.39 is 10.0 Å². The molecule has 114 valence electrons. The number of hydrogen-bond donors (Lipinski definition) is 1. The van der Waals surface area contributed by atoms with Gasteiger partial charge in [0.2, 0.25) is 10.0 Å². The van der Waals surface area contributed by atoms with E-state index >= 15 is 0 Å². The standard InChI is InChI=1S/C14H30N2O2S/c1-4-10-16(14-7-5-13(15)6-8-14)19(17,18)11-9-12(2)3/h12-14H,4-11,15H2,1-3H3. The van der Waals surface area contributed by atoms with Gasteiger partial charge in [0.05, 0.1) is 5.75 Å². The summed E-state index contributed by atoms with van der Waals surface area (Å²) < 4.78 is 26.8. The molecule has 1 fully saturated rings. The van der Waals surface area contributed by atoms with Crippen LogP contribution in [0.2, 0.25) is 0 Å². The first-order valence-electron chi connectivity index (χ1n) is 7.62. The summed E-state index contributed by atoms with van der Waals surface area (Å²) in [5, 5.41) is 0. The molecule has 1 rings (SSSR count). The van der Waals surface area contributed by atoms with Gasteiger partial charge >= 0.3 is 0 Å². The van der Waals surface area contributed by atoms with E-state index in [0.29, 0.717) is 12.5 Å².